The summed E-state index contributed by atoms with van der Waals surface area (Å²) >= 11 is 0. The van der Waals surface area contributed by atoms with Gasteiger partial charge in [-0.1, -0.05) is 70.7 Å². The van der Waals surface area contributed by atoms with Crippen molar-refractivity contribution in [2.45, 2.75) is 46.5 Å². The van der Waals surface area contributed by atoms with Crippen molar-refractivity contribution in [1.29, 1.82) is 0 Å². The highest BCUT2D eigenvalue weighted by Crippen LogP contribution is 2.32. The fraction of sp³-hybridized carbons (Fsp3) is 0.423. The molecule has 0 bridgehead atoms. The highest BCUT2D eigenvalue weighted by atomic mass is 16.5. The van der Waals surface area contributed by atoms with Gasteiger partial charge in [-0.25, -0.2) is 0 Å². The summed E-state index contributed by atoms with van der Waals surface area (Å²) in [5.74, 6) is 4.52. The highest BCUT2D eigenvalue weighted by molar-refractivity contribution is 6.17. The van der Waals surface area contributed by atoms with E-state index < -0.39 is 0 Å². The summed E-state index contributed by atoms with van der Waals surface area (Å²) in [6.45, 7) is 10.9. The molecule has 1 heterocycles. The Morgan fingerprint density at radius 1 is 1.10 bits per heavy atom. The number of rotatable bonds is 8. The van der Waals surface area contributed by atoms with E-state index in [0.29, 0.717) is 18.5 Å². The Kier molecular flexibility index (Phi) is 6.99. The molecule has 0 saturated heterocycles. The molecule has 1 aliphatic heterocycles. The third kappa shape index (κ3) is 4.82. The van der Waals surface area contributed by atoms with Gasteiger partial charge in [0.2, 0.25) is 0 Å². The average Bonchev–Trinajstić information content (AvgIpc) is 2.75. The van der Waals surface area contributed by atoms with Crippen LogP contribution in [0.2, 0.25) is 0 Å². The van der Waals surface area contributed by atoms with E-state index in [1.165, 1.54) is 24.1 Å². The molecule has 0 atom stereocenters. The molecule has 0 fully saturated rings. The third-order valence-corrected chi connectivity index (χ3v) is 5.77. The van der Waals surface area contributed by atoms with Gasteiger partial charge >= 0.3 is 0 Å². The standard InChI is InChI=1S/C26H32N2O/c1-6-15-29-23-13-14-25-24(16-23)26(22-11-9-21(10-12-22)19(4)5)27-18-28(25)17-20(7-2)8-3/h1,9-14,16,19-20H,7-8,15,17-18H2,2-5H3. The zero-order valence-electron chi connectivity index (χ0n) is 18.1. The quantitative estimate of drug-likeness (QED) is 0.528. The fourth-order valence-electron chi connectivity index (χ4n) is 3.80. The van der Waals surface area contributed by atoms with Gasteiger partial charge in [-0.05, 0) is 35.6 Å². The molecule has 0 aromatic heterocycles. The van der Waals surface area contributed by atoms with E-state index in [2.05, 4.69) is 74.9 Å². The molecule has 0 saturated carbocycles. The van der Waals surface area contributed by atoms with Gasteiger partial charge in [0.25, 0.3) is 0 Å². The highest BCUT2D eigenvalue weighted by Gasteiger charge is 2.23. The van der Waals surface area contributed by atoms with E-state index in [4.69, 9.17) is 16.2 Å². The van der Waals surface area contributed by atoms with Crippen molar-refractivity contribution in [1.82, 2.24) is 0 Å². The van der Waals surface area contributed by atoms with Crippen LogP contribution in [0.5, 0.6) is 5.75 Å². The molecule has 152 valence electrons. The first kappa shape index (κ1) is 21.0. The van der Waals surface area contributed by atoms with Gasteiger partial charge in [0.15, 0.2) is 0 Å². The van der Waals surface area contributed by atoms with Crippen molar-refractivity contribution in [3.8, 4) is 18.1 Å². The van der Waals surface area contributed by atoms with Crippen LogP contribution in [0.1, 0.15) is 63.1 Å². The van der Waals surface area contributed by atoms with Gasteiger partial charge in [0.05, 0.1) is 5.71 Å². The van der Waals surface area contributed by atoms with E-state index in [0.717, 1.165) is 29.1 Å². The first-order valence-corrected chi connectivity index (χ1v) is 10.7. The van der Waals surface area contributed by atoms with Crippen LogP contribution >= 0.6 is 0 Å². The zero-order valence-corrected chi connectivity index (χ0v) is 18.1. The van der Waals surface area contributed by atoms with E-state index in [1.807, 2.05) is 6.07 Å². The van der Waals surface area contributed by atoms with Crippen molar-refractivity contribution in [3.63, 3.8) is 0 Å². The van der Waals surface area contributed by atoms with Gasteiger partial charge in [-0.3, -0.25) is 4.99 Å². The number of aliphatic imine (C=N–C) groups is 1. The average molecular weight is 389 g/mol. The molecule has 0 N–H and O–H groups in total. The fourth-order valence-corrected chi connectivity index (χ4v) is 3.80. The molecule has 0 radical (unpaired) electrons. The van der Waals surface area contributed by atoms with E-state index >= 15 is 0 Å². The zero-order chi connectivity index (χ0) is 20.8. The van der Waals surface area contributed by atoms with Crippen molar-refractivity contribution in [2.24, 2.45) is 10.9 Å². The molecule has 29 heavy (non-hydrogen) atoms. The molecule has 0 spiro atoms. The Morgan fingerprint density at radius 3 is 2.45 bits per heavy atom. The Morgan fingerprint density at radius 2 is 1.83 bits per heavy atom. The van der Waals surface area contributed by atoms with Gasteiger partial charge in [0.1, 0.15) is 19.0 Å². The molecular formula is C26H32N2O. The minimum absolute atomic E-state index is 0.270. The molecule has 3 heteroatoms. The lowest BCUT2D eigenvalue weighted by Gasteiger charge is -2.33. The summed E-state index contributed by atoms with van der Waals surface area (Å²) in [5.41, 5.74) is 5.86. The monoisotopic (exact) mass is 388 g/mol. The minimum atomic E-state index is 0.270. The first-order valence-electron chi connectivity index (χ1n) is 10.7. The number of hydrogen-bond donors (Lipinski definition) is 0. The van der Waals surface area contributed by atoms with Crippen LogP contribution < -0.4 is 9.64 Å². The maximum Gasteiger partial charge on any atom is 0.148 e. The molecule has 2 aromatic carbocycles. The summed E-state index contributed by atoms with van der Waals surface area (Å²) in [5, 5.41) is 0. The first-order chi connectivity index (χ1) is 14.1. The Balaban J connectivity index is 1.98. The molecular weight excluding hydrogens is 356 g/mol. The van der Waals surface area contributed by atoms with Crippen molar-refractivity contribution < 1.29 is 4.74 Å². The van der Waals surface area contributed by atoms with Gasteiger partial charge in [-0.2, -0.15) is 0 Å². The predicted octanol–water partition coefficient (Wildman–Crippen LogP) is 5.87. The van der Waals surface area contributed by atoms with E-state index in [1.54, 1.807) is 0 Å². The number of anilines is 1. The second-order valence-corrected chi connectivity index (χ2v) is 8.00. The van der Waals surface area contributed by atoms with Crippen LogP contribution in [0.3, 0.4) is 0 Å². The summed E-state index contributed by atoms with van der Waals surface area (Å²) in [6, 6.07) is 15.0. The number of benzene rings is 2. The van der Waals surface area contributed by atoms with Crippen LogP contribution in [-0.4, -0.2) is 25.5 Å². The Bertz CT molecular complexity index is 886. The molecule has 2 aromatic rings. The van der Waals surface area contributed by atoms with Crippen molar-refractivity contribution in [3.05, 3.63) is 59.2 Å². The number of hydrogen-bond acceptors (Lipinski definition) is 3. The largest absolute Gasteiger partial charge is 0.481 e. The smallest absolute Gasteiger partial charge is 0.148 e. The summed E-state index contributed by atoms with van der Waals surface area (Å²) in [7, 11) is 0. The molecule has 0 aliphatic carbocycles. The van der Waals surface area contributed by atoms with Crippen LogP contribution in [-0.2, 0) is 0 Å². The van der Waals surface area contributed by atoms with Gasteiger partial charge in [-0.15, -0.1) is 6.42 Å². The SMILES string of the molecule is C#CCOc1ccc2c(c1)C(c1ccc(C(C)C)cc1)=NCN2CC(CC)CC. The maximum absolute atomic E-state index is 5.71. The van der Waals surface area contributed by atoms with Crippen molar-refractivity contribution >= 4 is 11.4 Å². The van der Waals surface area contributed by atoms with Gasteiger partial charge < -0.3 is 9.64 Å². The molecule has 1 aliphatic rings. The summed E-state index contributed by atoms with van der Waals surface area (Å²) < 4.78 is 5.71. The van der Waals surface area contributed by atoms with Crippen LogP contribution in [0.15, 0.2) is 47.5 Å². The Labute approximate surface area is 175 Å². The second-order valence-electron chi connectivity index (χ2n) is 8.00. The topological polar surface area (TPSA) is 24.8 Å². The second kappa shape index (κ2) is 9.65. The Hall–Kier alpha value is -2.73. The molecule has 0 unspecified atom stereocenters. The number of terminal acetylenes is 1. The molecule has 3 nitrogen and oxygen atoms in total. The molecule has 3 rings (SSSR count). The number of nitrogens with zero attached hydrogens (tertiary/aromatic N) is 2. The van der Waals surface area contributed by atoms with Gasteiger partial charge in [0, 0.05) is 23.4 Å². The van der Waals surface area contributed by atoms with E-state index in [-0.39, 0.29) is 6.61 Å². The van der Waals surface area contributed by atoms with Crippen LogP contribution in [0, 0.1) is 18.3 Å². The third-order valence-electron chi connectivity index (χ3n) is 5.77. The number of ether oxygens (including phenoxy) is 1. The normalized spacial score (nSPS) is 13.3. The van der Waals surface area contributed by atoms with Crippen LogP contribution in [0.25, 0.3) is 0 Å². The van der Waals surface area contributed by atoms with E-state index in [9.17, 15) is 0 Å². The number of fused-ring (bicyclic) bond motifs is 1. The summed E-state index contributed by atoms with van der Waals surface area (Å²) in [6.07, 6.45) is 7.73. The predicted molar refractivity (Wildman–Crippen MR) is 123 cm³/mol. The maximum atomic E-state index is 5.71. The van der Waals surface area contributed by atoms with Crippen LogP contribution in [0.4, 0.5) is 5.69 Å². The molecule has 0 amide bonds. The lowest BCUT2D eigenvalue weighted by Crippen LogP contribution is -2.34. The van der Waals surface area contributed by atoms with Crippen molar-refractivity contribution in [2.75, 3.05) is 24.7 Å². The summed E-state index contributed by atoms with van der Waals surface area (Å²) in [4.78, 5) is 7.38. The minimum Gasteiger partial charge on any atom is -0.481 e. The lowest BCUT2D eigenvalue weighted by molar-refractivity contribution is 0.370. The lowest BCUT2D eigenvalue weighted by atomic mass is 9.94.